The van der Waals surface area contributed by atoms with Gasteiger partial charge in [-0.25, -0.2) is 9.97 Å². The van der Waals surface area contributed by atoms with E-state index in [0.29, 0.717) is 30.9 Å². The molecule has 4 rings (SSSR count). The van der Waals surface area contributed by atoms with E-state index >= 15 is 0 Å². The monoisotopic (exact) mass is 440 g/mol. The molecular weight excluding hydrogens is 416 g/mol. The van der Waals surface area contributed by atoms with Crippen LogP contribution < -0.4 is 0 Å². The fourth-order valence-electron chi connectivity index (χ4n) is 3.34. The number of unbranched alkanes of at least 4 members (excludes halogenated alkanes) is 2. The zero-order chi connectivity index (χ0) is 20.9. The van der Waals surface area contributed by atoms with Gasteiger partial charge in [0.25, 0.3) is 0 Å². The van der Waals surface area contributed by atoms with Crippen molar-refractivity contribution in [3.05, 3.63) is 47.1 Å². The molecule has 3 aromatic rings. The zero-order valence-corrected chi connectivity index (χ0v) is 18.3. The summed E-state index contributed by atoms with van der Waals surface area (Å²) < 4.78 is 0. The van der Waals surface area contributed by atoms with Crippen LogP contribution in [-0.4, -0.2) is 33.2 Å². The highest BCUT2D eigenvalue weighted by atomic mass is 32.1. The van der Waals surface area contributed by atoms with Crippen LogP contribution in [0.2, 0.25) is 0 Å². The molecule has 2 heterocycles. The van der Waals surface area contributed by atoms with Crippen molar-refractivity contribution >= 4 is 34.2 Å². The lowest BCUT2D eigenvalue weighted by molar-refractivity contribution is -0.121. The lowest BCUT2D eigenvalue weighted by Gasteiger charge is -2.01. The normalized spacial score (nSPS) is 13.5. The minimum absolute atomic E-state index is 0.0905. The van der Waals surface area contributed by atoms with Gasteiger partial charge in [0, 0.05) is 23.9 Å². The maximum atomic E-state index is 12.8. The Morgan fingerprint density at radius 3 is 2.50 bits per heavy atom. The minimum Gasteiger partial charge on any atom is -0.389 e. The number of rotatable bonds is 11. The molecule has 5 nitrogen and oxygen atoms in total. The number of thiazole rings is 2. The van der Waals surface area contributed by atoms with Crippen LogP contribution in [0.25, 0.3) is 20.5 Å². The van der Waals surface area contributed by atoms with Crippen molar-refractivity contribution in [2.75, 3.05) is 6.61 Å². The van der Waals surface area contributed by atoms with Gasteiger partial charge in [0.2, 0.25) is 0 Å². The molecule has 0 saturated heterocycles. The zero-order valence-electron chi connectivity index (χ0n) is 16.7. The van der Waals surface area contributed by atoms with Gasteiger partial charge < -0.3 is 5.11 Å². The van der Waals surface area contributed by atoms with Crippen LogP contribution in [0, 0.1) is 0 Å². The predicted octanol–water partition coefficient (Wildman–Crippen LogP) is 5.51. The standard InChI is InChI=1S/C23H24N2O3S2/c26-14-17(27)9-5-2-6-10-18(28)20-21(16-11-12-16)30-23(25-20)22-24-13-19(29-22)15-7-3-1-4-8-15/h1,3-4,7-8,13,16,26H,2,5-6,9-12,14H2. The van der Waals surface area contributed by atoms with Crippen molar-refractivity contribution in [1.82, 2.24) is 9.97 Å². The van der Waals surface area contributed by atoms with Crippen molar-refractivity contribution in [2.45, 2.75) is 50.9 Å². The lowest BCUT2D eigenvalue weighted by Crippen LogP contribution is -2.04. The Morgan fingerprint density at radius 2 is 1.77 bits per heavy atom. The second-order valence-electron chi connectivity index (χ2n) is 7.58. The molecule has 0 amide bonds. The number of benzene rings is 1. The van der Waals surface area contributed by atoms with Crippen LogP contribution in [0.4, 0.5) is 0 Å². The van der Waals surface area contributed by atoms with Crippen molar-refractivity contribution in [1.29, 1.82) is 0 Å². The molecule has 0 unspecified atom stereocenters. The number of ketones is 2. The van der Waals surface area contributed by atoms with Crippen LogP contribution in [0.3, 0.4) is 0 Å². The first kappa shape index (κ1) is 21.0. The van der Waals surface area contributed by atoms with E-state index in [0.717, 1.165) is 51.0 Å². The van der Waals surface area contributed by atoms with Crippen LogP contribution >= 0.6 is 22.7 Å². The van der Waals surface area contributed by atoms with Crippen molar-refractivity contribution in [2.24, 2.45) is 0 Å². The van der Waals surface area contributed by atoms with Crippen LogP contribution in [0.5, 0.6) is 0 Å². The molecule has 1 N–H and O–H groups in total. The van der Waals surface area contributed by atoms with Gasteiger partial charge in [-0.3, -0.25) is 9.59 Å². The third-order valence-corrected chi connectivity index (χ3v) is 7.56. The number of nitrogens with zero attached hydrogens (tertiary/aromatic N) is 2. The number of Topliss-reactive ketones (excluding diaryl/α,β-unsaturated/α-hetero) is 2. The van der Waals surface area contributed by atoms with E-state index in [4.69, 9.17) is 10.1 Å². The number of aliphatic hydroxyl groups is 1. The Bertz CT molecular complexity index is 1020. The second-order valence-corrected chi connectivity index (χ2v) is 9.64. The van der Waals surface area contributed by atoms with E-state index in [-0.39, 0.29) is 11.6 Å². The predicted molar refractivity (Wildman–Crippen MR) is 120 cm³/mol. The topological polar surface area (TPSA) is 80.1 Å². The maximum Gasteiger partial charge on any atom is 0.182 e. The largest absolute Gasteiger partial charge is 0.389 e. The summed E-state index contributed by atoms with van der Waals surface area (Å²) in [6.07, 6.45) is 7.21. The number of hydrogen-bond donors (Lipinski definition) is 1. The summed E-state index contributed by atoms with van der Waals surface area (Å²) in [4.78, 5) is 35.5. The Labute approximate surface area is 183 Å². The fraction of sp³-hybridized carbons (Fsp3) is 0.391. The van der Waals surface area contributed by atoms with Gasteiger partial charge in [-0.05, 0) is 37.2 Å². The maximum absolute atomic E-state index is 12.8. The van der Waals surface area contributed by atoms with Gasteiger partial charge in [-0.2, -0.15) is 0 Å². The lowest BCUT2D eigenvalue weighted by atomic mass is 10.1. The Morgan fingerprint density at radius 1 is 1.00 bits per heavy atom. The van der Waals surface area contributed by atoms with E-state index in [2.05, 4.69) is 17.1 Å². The average molecular weight is 441 g/mol. The number of aliphatic hydroxyl groups excluding tert-OH is 1. The summed E-state index contributed by atoms with van der Waals surface area (Å²) in [5, 5.41) is 10.5. The summed E-state index contributed by atoms with van der Waals surface area (Å²) in [5.74, 6) is 0.415. The number of carbonyl (C=O) groups excluding carboxylic acids is 2. The summed E-state index contributed by atoms with van der Waals surface area (Å²) in [6.45, 7) is -0.395. The Balaban J connectivity index is 1.44. The molecule has 1 aromatic carbocycles. The van der Waals surface area contributed by atoms with Crippen LogP contribution in [0.1, 0.15) is 66.2 Å². The number of carbonyl (C=O) groups is 2. The first-order valence-electron chi connectivity index (χ1n) is 10.3. The van der Waals surface area contributed by atoms with Crippen molar-refractivity contribution in [3.8, 4) is 20.5 Å². The molecule has 7 heteroatoms. The summed E-state index contributed by atoms with van der Waals surface area (Å²) >= 11 is 3.22. The highest BCUT2D eigenvalue weighted by Crippen LogP contribution is 2.47. The van der Waals surface area contributed by atoms with Crippen LogP contribution in [0.15, 0.2) is 36.5 Å². The highest BCUT2D eigenvalue weighted by molar-refractivity contribution is 7.23. The number of hydrogen-bond acceptors (Lipinski definition) is 7. The van der Waals surface area contributed by atoms with Gasteiger partial charge in [-0.15, -0.1) is 22.7 Å². The quantitative estimate of drug-likeness (QED) is 0.314. The molecule has 2 aromatic heterocycles. The second kappa shape index (κ2) is 9.73. The van der Waals surface area contributed by atoms with E-state index in [9.17, 15) is 9.59 Å². The molecule has 1 aliphatic rings. The molecule has 156 valence electrons. The molecule has 30 heavy (non-hydrogen) atoms. The molecule has 1 aliphatic carbocycles. The van der Waals surface area contributed by atoms with Gasteiger partial charge in [-0.1, -0.05) is 36.8 Å². The molecule has 0 aliphatic heterocycles. The third-order valence-electron chi connectivity index (χ3n) is 5.15. The molecule has 0 radical (unpaired) electrons. The summed E-state index contributed by atoms with van der Waals surface area (Å²) in [6, 6.07) is 10.2. The van der Waals surface area contributed by atoms with E-state index in [1.807, 2.05) is 24.4 Å². The number of aromatic nitrogens is 2. The average Bonchev–Trinajstić information content (AvgIpc) is 3.33. The molecule has 0 bridgehead atoms. The van der Waals surface area contributed by atoms with Gasteiger partial charge in [0.1, 0.15) is 12.3 Å². The molecule has 1 saturated carbocycles. The van der Waals surface area contributed by atoms with Crippen molar-refractivity contribution < 1.29 is 14.7 Å². The summed E-state index contributed by atoms with van der Waals surface area (Å²) in [7, 11) is 0. The van der Waals surface area contributed by atoms with E-state index in [1.165, 1.54) is 0 Å². The Hall–Kier alpha value is -2.22. The van der Waals surface area contributed by atoms with E-state index in [1.54, 1.807) is 22.7 Å². The fourth-order valence-corrected chi connectivity index (χ4v) is 5.54. The first-order chi connectivity index (χ1) is 14.7. The Kier molecular flexibility index (Phi) is 6.82. The molecular formula is C23H24N2O3S2. The molecule has 0 spiro atoms. The highest BCUT2D eigenvalue weighted by Gasteiger charge is 2.32. The summed E-state index contributed by atoms with van der Waals surface area (Å²) in [5.41, 5.74) is 1.76. The third kappa shape index (κ3) is 5.09. The van der Waals surface area contributed by atoms with Gasteiger partial charge >= 0.3 is 0 Å². The van der Waals surface area contributed by atoms with Crippen molar-refractivity contribution in [3.63, 3.8) is 0 Å². The smallest absolute Gasteiger partial charge is 0.182 e. The van der Waals surface area contributed by atoms with Crippen LogP contribution in [-0.2, 0) is 4.79 Å². The molecule has 1 fully saturated rings. The van der Waals surface area contributed by atoms with Gasteiger partial charge in [0.15, 0.2) is 21.6 Å². The SMILES string of the molecule is O=C(CO)CCCCCC(=O)c1nc(-c2ncc(-c3ccccc3)s2)sc1C1CC1. The molecule has 0 atom stereocenters. The van der Waals surface area contributed by atoms with Gasteiger partial charge in [0.05, 0.1) is 4.88 Å². The first-order valence-corrected chi connectivity index (χ1v) is 12.0. The van der Waals surface area contributed by atoms with E-state index < -0.39 is 6.61 Å². The minimum atomic E-state index is -0.395.